The quantitative estimate of drug-likeness (QED) is 0.631. The zero-order chi connectivity index (χ0) is 14.4. The highest BCUT2D eigenvalue weighted by Gasteiger charge is 2.27. The van der Waals surface area contributed by atoms with E-state index in [0.717, 1.165) is 25.9 Å². The number of nitrogens with one attached hydrogen (secondary N) is 1. The van der Waals surface area contributed by atoms with Crippen molar-refractivity contribution in [1.29, 1.82) is 0 Å². The van der Waals surface area contributed by atoms with E-state index < -0.39 is 18.0 Å². The Hall–Kier alpha value is -1.34. The van der Waals surface area contributed by atoms with Gasteiger partial charge in [-0.3, -0.25) is 0 Å². The third kappa shape index (κ3) is 4.68. The summed E-state index contributed by atoms with van der Waals surface area (Å²) in [6.45, 7) is 1.59. The van der Waals surface area contributed by atoms with E-state index >= 15 is 0 Å². The van der Waals surface area contributed by atoms with Gasteiger partial charge in [-0.1, -0.05) is 0 Å². The van der Waals surface area contributed by atoms with Crippen LogP contribution in [0.4, 0.5) is 4.79 Å². The Kier molecular flexibility index (Phi) is 6.04. The normalized spacial score (nSPS) is 18.9. The number of piperidine rings is 1. The number of aliphatic carboxylic acids is 1. The molecule has 0 aromatic rings. The summed E-state index contributed by atoms with van der Waals surface area (Å²) in [6, 6.07) is -1.29. The molecule has 110 valence electrons. The number of hydrogen-bond donors (Lipinski definition) is 3. The lowest BCUT2D eigenvalue weighted by molar-refractivity contribution is -0.139. The number of carboxylic acid groups (broad SMARTS) is 1. The minimum Gasteiger partial charge on any atom is -0.480 e. The van der Waals surface area contributed by atoms with Gasteiger partial charge in [0.25, 0.3) is 0 Å². The van der Waals surface area contributed by atoms with Crippen molar-refractivity contribution in [2.24, 2.45) is 0 Å². The molecule has 0 unspecified atom stereocenters. The van der Waals surface area contributed by atoms with Gasteiger partial charge in [0.2, 0.25) is 0 Å². The molecule has 0 aromatic carbocycles. The summed E-state index contributed by atoms with van der Waals surface area (Å²) < 4.78 is 0. The lowest BCUT2D eigenvalue weighted by Gasteiger charge is -2.35. The van der Waals surface area contributed by atoms with Crippen LogP contribution in [0.5, 0.6) is 0 Å². The van der Waals surface area contributed by atoms with Crippen LogP contribution in [-0.4, -0.2) is 77.9 Å². The van der Waals surface area contributed by atoms with E-state index in [-0.39, 0.29) is 19.1 Å². The van der Waals surface area contributed by atoms with Crippen LogP contribution in [0.1, 0.15) is 19.3 Å². The van der Waals surface area contributed by atoms with Gasteiger partial charge in [0.05, 0.1) is 0 Å². The topological polar surface area (TPSA) is 93.1 Å². The monoisotopic (exact) mass is 273 g/mol. The van der Waals surface area contributed by atoms with Gasteiger partial charge in [-0.05, 0) is 33.0 Å². The molecule has 7 heteroatoms. The van der Waals surface area contributed by atoms with E-state index in [4.69, 9.17) is 10.2 Å². The van der Waals surface area contributed by atoms with Crippen molar-refractivity contribution in [1.82, 2.24) is 15.1 Å². The molecule has 1 atom stereocenters. The number of rotatable bonds is 5. The molecule has 19 heavy (non-hydrogen) atoms. The Balaban J connectivity index is 2.49. The average Bonchev–Trinajstić information content (AvgIpc) is 2.38. The van der Waals surface area contributed by atoms with Crippen molar-refractivity contribution < 1.29 is 19.8 Å². The van der Waals surface area contributed by atoms with Gasteiger partial charge < -0.3 is 25.3 Å². The summed E-state index contributed by atoms with van der Waals surface area (Å²) in [4.78, 5) is 26.7. The van der Waals surface area contributed by atoms with Crippen molar-refractivity contribution in [3.05, 3.63) is 0 Å². The number of nitrogens with zero attached hydrogens (tertiary/aromatic N) is 2. The SMILES string of the molecule is CN1CCC(N(C)C(=O)N[C@H](CCO)C(=O)O)CC1. The highest BCUT2D eigenvalue weighted by Crippen LogP contribution is 2.14. The molecule has 3 N–H and O–H groups in total. The molecule has 1 rings (SSSR count). The lowest BCUT2D eigenvalue weighted by atomic mass is 10.0. The summed E-state index contributed by atoms with van der Waals surface area (Å²) in [5, 5.41) is 20.1. The molecule has 1 saturated heterocycles. The maximum Gasteiger partial charge on any atom is 0.326 e. The Bertz CT molecular complexity index is 316. The molecule has 0 bridgehead atoms. The van der Waals surface area contributed by atoms with Crippen LogP contribution >= 0.6 is 0 Å². The third-order valence-electron chi connectivity index (χ3n) is 3.57. The predicted octanol–water partition coefficient (Wildman–Crippen LogP) is -0.442. The number of aliphatic hydroxyl groups is 1. The minimum atomic E-state index is -1.13. The predicted molar refractivity (Wildman–Crippen MR) is 69.9 cm³/mol. The van der Waals surface area contributed by atoms with Crippen LogP contribution in [-0.2, 0) is 4.79 Å². The molecule has 1 aliphatic heterocycles. The van der Waals surface area contributed by atoms with E-state index in [1.54, 1.807) is 11.9 Å². The van der Waals surface area contributed by atoms with Gasteiger partial charge in [0, 0.05) is 26.1 Å². The van der Waals surface area contributed by atoms with Crippen LogP contribution in [0.25, 0.3) is 0 Å². The summed E-state index contributed by atoms with van der Waals surface area (Å²) in [7, 11) is 3.72. The van der Waals surface area contributed by atoms with E-state index in [9.17, 15) is 9.59 Å². The van der Waals surface area contributed by atoms with Crippen molar-refractivity contribution in [2.45, 2.75) is 31.3 Å². The smallest absolute Gasteiger partial charge is 0.326 e. The molecule has 0 aliphatic carbocycles. The first-order valence-electron chi connectivity index (χ1n) is 6.51. The number of carboxylic acids is 1. The maximum absolute atomic E-state index is 12.0. The van der Waals surface area contributed by atoms with Crippen molar-refractivity contribution in [3.8, 4) is 0 Å². The molecular formula is C12H23N3O4. The van der Waals surface area contributed by atoms with E-state index in [2.05, 4.69) is 10.2 Å². The number of carbonyl (C=O) groups is 2. The van der Waals surface area contributed by atoms with Gasteiger partial charge >= 0.3 is 12.0 Å². The second-order valence-electron chi connectivity index (χ2n) is 5.00. The number of aliphatic hydroxyl groups excluding tert-OH is 1. The Morgan fingerprint density at radius 2 is 2.00 bits per heavy atom. The van der Waals surface area contributed by atoms with Crippen molar-refractivity contribution >= 4 is 12.0 Å². The Morgan fingerprint density at radius 1 is 1.42 bits per heavy atom. The molecule has 1 heterocycles. The molecule has 0 spiro atoms. The van der Waals surface area contributed by atoms with Crippen LogP contribution in [0.3, 0.4) is 0 Å². The minimum absolute atomic E-state index is 0.0162. The van der Waals surface area contributed by atoms with Gasteiger partial charge in [-0.2, -0.15) is 0 Å². The zero-order valence-electron chi connectivity index (χ0n) is 11.5. The first-order chi connectivity index (χ1) is 8.95. The zero-order valence-corrected chi connectivity index (χ0v) is 11.5. The van der Waals surface area contributed by atoms with E-state index in [1.807, 2.05) is 7.05 Å². The van der Waals surface area contributed by atoms with Crippen LogP contribution in [0.15, 0.2) is 0 Å². The molecular weight excluding hydrogens is 250 g/mol. The fraction of sp³-hybridized carbons (Fsp3) is 0.833. The summed E-state index contributed by atoms with van der Waals surface area (Å²) in [5.41, 5.74) is 0. The molecule has 1 aliphatic rings. The highest BCUT2D eigenvalue weighted by molar-refractivity contribution is 5.82. The molecule has 2 amide bonds. The molecule has 0 saturated carbocycles. The van der Waals surface area contributed by atoms with Gasteiger partial charge in [0.1, 0.15) is 6.04 Å². The van der Waals surface area contributed by atoms with Gasteiger partial charge in [-0.25, -0.2) is 9.59 Å². The van der Waals surface area contributed by atoms with Gasteiger partial charge in [-0.15, -0.1) is 0 Å². The van der Waals surface area contributed by atoms with Crippen molar-refractivity contribution in [2.75, 3.05) is 33.8 Å². The highest BCUT2D eigenvalue weighted by atomic mass is 16.4. The molecule has 7 nitrogen and oxygen atoms in total. The number of amides is 2. The summed E-state index contributed by atoms with van der Waals surface area (Å²) in [6.07, 6.45) is 1.79. The van der Waals surface area contributed by atoms with Gasteiger partial charge in [0.15, 0.2) is 0 Å². The maximum atomic E-state index is 12.0. The van der Waals surface area contributed by atoms with E-state index in [0.29, 0.717) is 0 Å². The number of hydrogen-bond acceptors (Lipinski definition) is 4. The third-order valence-corrected chi connectivity index (χ3v) is 3.57. The lowest BCUT2D eigenvalue weighted by Crippen LogP contribution is -2.52. The summed E-state index contributed by atoms with van der Waals surface area (Å²) in [5.74, 6) is -1.13. The largest absolute Gasteiger partial charge is 0.480 e. The number of urea groups is 1. The standard InChI is InChI=1S/C12H23N3O4/c1-14-6-3-9(4-7-14)15(2)12(19)13-10(5-8-16)11(17)18/h9-10,16H,3-8H2,1-2H3,(H,13,19)(H,17,18)/t10-/m1/s1. The fourth-order valence-electron chi connectivity index (χ4n) is 2.19. The van der Waals surface area contributed by atoms with Crippen molar-refractivity contribution in [3.63, 3.8) is 0 Å². The second kappa shape index (κ2) is 7.30. The summed E-state index contributed by atoms with van der Waals surface area (Å²) >= 11 is 0. The Labute approximate surface area is 113 Å². The number of carbonyl (C=O) groups excluding carboxylic acids is 1. The Morgan fingerprint density at radius 3 is 2.47 bits per heavy atom. The molecule has 0 aromatic heterocycles. The number of likely N-dealkylation sites (tertiary alicyclic amines) is 1. The molecule has 0 radical (unpaired) electrons. The van der Waals surface area contributed by atoms with Crippen LogP contribution in [0.2, 0.25) is 0 Å². The first kappa shape index (κ1) is 15.7. The molecule has 1 fully saturated rings. The van der Waals surface area contributed by atoms with E-state index in [1.165, 1.54) is 0 Å². The van der Waals surface area contributed by atoms with Crippen LogP contribution in [0, 0.1) is 0 Å². The van der Waals surface area contributed by atoms with Crippen LogP contribution < -0.4 is 5.32 Å². The fourth-order valence-corrected chi connectivity index (χ4v) is 2.19. The first-order valence-corrected chi connectivity index (χ1v) is 6.51. The second-order valence-corrected chi connectivity index (χ2v) is 5.00. The average molecular weight is 273 g/mol.